The molecule has 0 saturated carbocycles. The van der Waals surface area contributed by atoms with E-state index in [1.54, 1.807) is 29.9 Å². The molecule has 2 N–H and O–H groups in total. The zero-order valence-corrected chi connectivity index (χ0v) is 18.9. The summed E-state index contributed by atoms with van der Waals surface area (Å²) in [4.78, 5) is 27.4. The van der Waals surface area contributed by atoms with Crippen molar-refractivity contribution in [1.29, 1.82) is 0 Å². The number of likely N-dealkylation sites (N-methyl/N-ethyl adjacent to an activating group) is 1. The highest BCUT2D eigenvalue weighted by atomic mass is 16.6. The lowest BCUT2D eigenvalue weighted by molar-refractivity contribution is -0.0178. The van der Waals surface area contributed by atoms with Gasteiger partial charge in [0, 0.05) is 32.1 Å². The summed E-state index contributed by atoms with van der Waals surface area (Å²) in [5.41, 5.74) is 0.560. The van der Waals surface area contributed by atoms with Crippen molar-refractivity contribution in [2.24, 2.45) is 7.05 Å². The molecule has 2 fully saturated rings. The number of aromatic hydroxyl groups is 1. The maximum absolute atomic E-state index is 12.8. The Labute approximate surface area is 191 Å². The third kappa shape index (κ3) is 4.11. The number of esters is 2. The molecule has 2 aliphatic heterocycles. The predicted octanol–water partition coefficient (Wildman–Crippen LogP) is 1.34. The Bertz CT molecular complexity index is 1030. The molecule has 1 aromatic heterocycles. The van der Waals surface area contributed by atoms with Crippen LogP contribution in [0.4, 0.5) is 0 Å². The van der Waals surface area contributed by atoms with Gasteiger partial charge in [0.15, 0.2) is 11.5 Å². The van der Waals surface area contributed by atoms with Gasteiger partial charge >= 0.3 is 11.9 Å². The van der Waals surface area contributed by atoms with E-state index >= 15 is 0 Å². The van der Waals surface area contributed by atoms with Gasteiger partial charge in [-0.25, -0.2) is 9.59 Å². The topological polar surface area (TPSA) is 120 Å². The van der Waals surface area contributed by atoms with Crippen molar-refractivity contribution in [3.8, 4) is 17.2 Å². The van der Waals surface area contributed by atoms with E-state index in [0.29, 0.717) is 18.5 Å². The van der Waals surface area contributed by atoms with Gasteiger partial charge in [0.1, 0.15) is 24.0 Å². The highest BCUT2D eigenvalue weighted by Crippen LogP contribution is 2.40. The summed E-state index contributed by atoms with van der Waals surface area (Å²) >= 11 is 0. The summed E-state index contributed by atoms with van der Waals surface area (Å²) in [7, 11) is 6.35. The van der Waals surface area contributed by atoms with Crippen LogP contribution in [0.25, 0.3) is 0 Å². The monoisotopic (exact) mass is 460 g/mol. The number of benzene rings is 1. The number of piperidine rings is 1. The minimum absolute atomic E-state index is 0.0906. The van der Waals surface area contributed by atoms with Crippen molar-refractivity contribution < 1.29 is 38.7 Å². The van der Waals surface area contributed by atoms with Gasteiger partial charge in [-0.05, 0) is 31.3 Å². The Morgan fingerprint density at radius 2 is 1.64 bits per heavy atom. The Balaban J connectivity index is 1.48. The van der Waals surface area contributed by atoms with E-state index in [1.807, 2.05) is 11.9 Å². The first-order valence-corrected chi connectivity index (χ1v) is 10.6. The molecule has 5 atom stereocenters. The molecule has 10 heteroatoms. The van der Waals surface area contributed by atoms with Gasteiger partial charge in [-0.2, -0.15) is 0 Å². The first-order valence-electron chi connectivity index (χ1n) is 10.6. The summed E-state index contributed by atoms with van der Waals surface area (Å²) < 4.78 is 23.3. The van der Waals surface area contributed by atoms with Crippen LogP contribution in [-0.4, -0.2) is 83.3 Å². The quantitative estimate of drug-likeness (QED) is 0.615. The Kier molecular flexibility index (Phi) is 6.22. The lowest BCUT2D eigenvalue weighted by atomic mass is 10.00. The predicted molar refractivity (Wildman–Crippen MR) is 116 cm³/mol. The van der Waals surface area contributed by atoms with Gasteiger partial charge in [0.2, 0.25) is 5.75 Å². The minimum atomic E-state index is -0.901. The molecule has 1 aromatic carbocycles. The van der Waals surface area contributed by atoms with Crippen LogP contribution < -0.4 is 9.47 Å². The molecular weight excluding hydrogens is 432 g/mol. The summed E-state index contributed by atoms with van der Waals surface area (Å²) in [6, 6.07) is 5.53. The highest BCUT2D eigenvalue weighted by Gasteiger charge is 2.54. The number of phenols is 1. The number of aromatic nitrogens is 1. The van der Waals surface area contributed by atoms with Crippen LogP contribution in [0.1, 0.15) is 33.7 Å². The van der Waals surface area contributed by atoms with Crippen molar-refractivity contribution in [2.75, 3.05) is 21.3 Å². The van der Waals surface area contributed by atoms with E-state index in [1.165, 1.54) is 26.4 Å². The number of fused-ring (bicyclic) bond motifs is 2. The van der Waals surface area contributed by atoms with Crippen LogP contribution in [0.5, 0.6) is 17.2 Å². The average molecular weight is 460 g/mol. The number of nitrogens with zero attached hydrogens (tertiary/aromatic N) is 2. The van der Waals surface area contributed by atoms with Gasteiger partial charge in [0.05, 0.1) is 25.8 Å². The van der Waals surface area contributed by atoms with Gasteiger partial charge in [-0.15, -0.1) is 0 Å². The van der Waals surface area contributed by atoms with Gasteiger partial charge in [0.25, 0.3) is 0 Å². The van der Waals surface area contributed by atoms with Crippen molar-refractivity contribution >= 4 is 11.9 Å². The molecule has 10 nitrogen and oxygen atoms in total. The number of aryl methyl sites for hydroxylation is 1. The van der Waals surface area contributed by atoms with E-state index < -0.39 is 30.3 Å². The standard InChI is InChI=1S/C23H28N2O8/c1-24-7-5-6-14(24)23(29)33-21-16-11-13(10-15(19(21)26)25(16)2)32-22(28)12-8-17(30-3)20(27)18(9-12)31-4/h5-9,13,15-16,19,21,26-27H,10-11H2,1-4H3. The molecule has 2 saturated heterocycles. The Morgan fingerprint density at radius 3 is 2.21 bits per heavy atom. The molecule has 2 aromatic rings. The second-order valence-corrected chi connectivity index (χ2v) is 8.39. The number of hydrogen-bond donors (Lipinski definition) is 2. The minimum Gasteiger partial charge on any atom is -0.502 e. The van der Waals surface area contributed by atoms with Crippen molar-refractivity contribution in [3.05, 3.63) is 41.7 Å². The first-order chi connectivity index (χ1) is 15.7. The molecule has 0 radical (unpaired) electrons. The van der Waals surface area contributed by atoms with Crippen LogP contribution in [0.2, 0.25) is 0 Å². The molecule has 0 aliphatic carbocycles. The highest BCUT2D eigenvalue weighted by molar-refractivity contribution is 5.91. The summed E-state index contributed by atoms with van der Waals surface area (Å²) in [5.74, 6) is -1.14. The SMILES string of the molecule is COc1cc(C(=O)OC2CC3C(O)C(OC(=O)c4cccn4C)C(C2)N3C)cc(OC)c1O. The number of carbonyl (C=O) groups excluding carboxylic acids is 2. The van der Waals surface area contributed by atoms with Gasteiger partial charge in [-0.3, -0.25) is 4.90 Å². The maximum atomic E-state index is 12.8. The first kappa shape index (κ1) is 22.9. The second kappa shape index (κ2) is 8.95. The molecule has 0 spiro atoms. The third-order valence-electron chi connectivity index (χ3n) is 6.55. The Hall–Kier alpha value is -3.24. The lowest BCUT2D eigenvalue weighted by Gasteiger charge is -2.36. The fourth-order valence-corrected chi connectivity index (χ4v) is 4.74. The average Bonchev–Trinajstić information content (AvgIpc) is 3.27. The molecule has 3 heterocycles. The maximum Gasteiger partial charge on any atom is 0.355 e. The van der Waals surface area contributed by atoms with E-state index in [9.17, 15) is 19.8 Å². The number of phenolic OH excluding ortho intramolecular Hbond substituents is 1. The molecular formula is C23H28N2O8. The van der Waals surface area contributed by atoms with Crippen LogP contribution in [-0.2, 0) is 16.5 Å². The van der Waals surface area contributed by atoms with Crippen LogP contribution in [0.15, 0.2) is 30.5 Å². The second-order valence-electron chi connectivity index (χ2n) is 8.39. The fraction of sp³-hybridized carbons (Fsp3) is 0.478. The molecule has 4 rings (SSSR count). The van der Waals surface area contributed by atoms with Crippen molar-refractivity contribution in [2.45, 2.75) is 43.2 Å². The number of methoxy groups -OCH3 is 2. The van der Waals surface area contributed by atoms with Crippen LogP contribution in [0, 0.1) is 0 Å². The molecule has 33 heavy (non-hydrogen) atoms. The summed E-state index contributed by atoms with van der Waals surface area (Å²) in [6.07, 6.45) is 0.414. The number of rotatable bonds is 6. The van der Waals surface area contributed by atoms with Gasteiger partial charge < -0.3 is 33.7 Å². The van der Waals surface area contributed by atoms with E-state index in [0.717, 1.165) is 0 Å². The smallest absolute Gasteiger partial charge is 0.355 e. The lowest BCUT2D eigenvalue weighted by Crippen LogP contribution is -2.46. The summed E-state index contributed by atoms with van der Waals surface area (Å²) in [5, 5.41) is 20.9. The number of hydrogen-bond acceptors (Lipinski definition) is 9. The van der Waals surface area contributed by atoms with E-state index in [2.05, 4.69) is 0 Å². The molecule has 5 unspecified atom stereocenters. The zero-order chi connectivity index (χ0) is 23.9. The number of aliphatic hydroxyl groups excluding tert-OH is 1. The molecule has 2 bridgehead atoms. The number of ether oxygens (including phenoxy) is 4. The van der Waals surface area contributed by atoms with Gasteiger partial charge in [-0.1, -0.05) is 0 Å². The number of aliphatic hydroxyl groups is 1. The van der Waals surface area contributed by atoms with Crippen molar-refractivity contribution in [1.82, 2.24) is 9.47 Å². The third-order valence-corrected chi connectivity index (χ3v) is 6.55. The largest absolute Gasteiger partial charge is 0.502 e. The zero-order valence-electron chi connectivity index (χ0n) is 18.9. The van der Waals surface area contributed by atoms with Crippen LogP contribution >= 0.6 is 0 Å². The van der Waals surface area contributed by atoms with Crippen molar-refractivity contribution in [3.63, 3.8) is 0 Å². The normalized spacial score (nSPS) is 26.6. The fourth-order valence-electron chi connectivity index (χ4n) is 4.74. The molecule has 2 aliphatic rings. The molecule has 178 valence electrons. The number of carbonyl (C=O) groups is 2. The van der Waals surface area contributed by atoms with Crippen LogP contribution in [0.3, 0.4) is 0 Å². The molecule has 0 amide bonds. The summed E-state index contributed by atoms with van der Waals surface area (Å²) in [6.45, 7) is 0. The van der Waals surface area contributed by atoms with E-state index in [4.69, 9.17) is 18.9 Å². The van der Waals surface area contributed by atoms with E-state index in [-0.39, 0.29) is 34.9 Å². The Morgan fingerprint density at radius 1 is 1.00 bits per heavy atom.